The van der Waals surface area contributed by atoms with Crippen molar-refractivity contribution >= 4 is 34.1 Å². The molecule has 1 N–H and O–H groups in total. The summed E-state index contributed by atoms with van der Waals surface area (Å²) in [6.45, 7) is 0.0315. The second-order valence-electron chi connectivity index (χ2n) is 6.85. The van der Waals surface area contributed by atoms with Gasteiger partial charge in [-0.3, -0.25) is 9.78 Å². The molecule has 134 valence electrons. The van der Waals surface area contributed by atoms with Crippen LogP contribution in [0.4, 0.5) is 5.69 Å². The normalized spacial score (nSPS) is 23.1. The number of nitrogens with zero attached hydrogens (tertiary/aromatic N) is 3. The molecule has 1 saturated carbocycles. The molecule has 1 aliphatic rings. The summed E-state index contributed by atoms with van der Waals surface area (Å²) in [5.41, 5.74) is 2.48. The minimum absolute atomic E-state index is 0.0772. The van der Waals surface area contributed by atoms with Crippen LogP contribution in [-0.2, 0) is 0 Å². The van der Waals surface area contributed by atoms with Gasteiger partial charge < -0.3 is 10.2 Å². The van der Waals surface area contributed by atoms with Crippen LogP contribution in [0.15, 0.2) is 18.3 Å². The number of anilines is 1. The van der Waals surface area contributed by atoms with Gasteiger partial charge in [-0.05, 0) is 64.7 Å². The van der Waals surface area contributed by atoms with E-state index >= 15 is 0 Å². The zero-order valence-electron chi connectivity index (χ0n) is 17.6. The Bertz CT molecular complexity index is 866. The van der Waals surface area contributed by atoms with Crippen molar-refractivity contribution in [2.45, 2.75) is 38.6 Å². The van der Waals surface area contributed by atoms with Crippen LogP contribution >= 0.6 is 11.6 Å². The van der Waals surface area contributed by atoms with Gasteiger partial charge in [0.25, 0.3) is 0 Å². The van der Waals surface area contributed by atoms with E-state index in [9.17, 15) is 4.79 Å². The summed E-state index contributed by atoms with van der Waals surface area (Å²) in [6.07, 6.45) is 5.26. The largest absolute Gasteiger partial charge is 0.380 e. The van der Waals surface area contributed by atoms with Crippen LogP contribution in [0.25, 0.3) is 11.0 Å². The summed E-state index contributed by atoms with van der Waals surface area (Å²) in [5, 5.41) is 3.85. The number of aromatic nitrogens is 2. The van der Waals surface area contributed by atoms with Crippen molar-refractivity contribution in [3.05, 3.63) is 29.0 Å². The average Bonchev–Trinajstić information content (AvgIpc) is 2.62. The molecule has 2 heterocycles. The van der Waals surface area contributed by atoms with Gasteiger partial charge in [-0.15, -0.1) is 0 Å². The van der Waals surface area contributed by atoms with Gasteiger partial charge in [0.05, 0.1) is 16.8 Å². The van der Waals surface area contributed by atoms with Crippen molar-refractivity contribution in [1.82, 2.24) is 14.9 Å². The fourth-order valence-electron chi connectivity index (χ4n) is 3.54. The molecule has 6 heteroatoms. The number of halogens is 1. The number of nitrogens with one attached hydrogen (secondary N) is 1. The molecule has 2 aromatic rings. The van der Waals surface area contributed by atoms with Crippen LogP contribution in [0.1, 0.15) is 47.1 Å². The minimum Gasteiger partial charge on any atom is -0.380 e. The molecule has 0 atom stereocenters. The van der Waals surface area contributed by atoms with E-state index in [1.165, 1.54) is 11.8 Å². The fraction of sp³-hybridized carbons (Fsp3) is 0.526. The van der Waals surface area contributed by atoms with E-state index in [1.807, 2.05) is 0 Å². The maximum Gasteiger partial charge on any atom is 0.163 e. The Morgan fingerprint density at radius 3 is 2.84 bits per heavy atom. The molecule has 25 heavy (non-hydrogen) atoms. The Morgan fingerprint density at radius 1 is 1.40 bits per heavy atom. The molecule has 0 aromatic carbocycles. The average molecular weight is 364 g/mol. The molecule has 1 aliphatic carbocycles. The van der Waals surface area contributed by atoms with Gasteiger partial charge in [0.1, 0.15) is 10.7 Å². The predicted octanol–water partition coefficient (Wildman–Crippen LogP) is 4.02. The van der Waals surface area contributed by atoms with E-state index in [1.54, 1.807) is 25.4 Å². The molecule has 0 radical (unpaired) electrons. The van der Waals surface area contributed by atoms with E-state index in [0.29, 0.717) is 39.9 Å². The van der Waals surface area contributed by atoms with E-state index in [2.05, 4.69) is 15.3 Å². The quantitative estimate of drug-likeness (QED) is 0.642. The molecule has 0 spiro atoms. The van der Waals surface area contributed by atoms with Crippen LogP contribution in [0.5, 0.6) is 0 Å². The molecular formula is C19H25ClN4O. The first kappa shape index (κ1) is 14.4. The third-order valence-corrected chi connectivity index (χ3v) is 5.00. The number of hydrogen-bond acceptors (Lipinski definition) is 5. The van der Waals surface area contributed by atoms with Crippen LogP contribution in [0.3, 0.4) is 0 Å². The van der Waals surface area contributed by atoms with E-state index in [-0.39, 0.29) is 11.8 Å². The Morgan fingerprint density at radius 2 is 2.16 bits per heavy atom. The number of ketones is 1. The zero-order chi connectivity index (χ0) is 20.5. The number of Topliss-reactive ketones (excluding diaryl/α,β-unsaturated/α-hetero) is 1. The van der Waals surface area contributed by atoms with Crippen LogP contribution in [0.2, 0.25) is 5.15 Å². The second kappa shape index (κ2) is 7.67. The van der Waals surface area contributed by atoms with Gasteiger partial charge in [0, 0.05) is 22.9 Å². The highest BCUT2D eigenvalue weighted by atomic mass is 35.5. The van der Waals surface area contributed by atoms with Gasteiger partial charge in [0.15, 0.2) is 5.78 Å². The minimum atomic E-state index is -2.05. The monoisotopic (exact) mass is 363 g/mol. The van der Waals surface area contributed by atoms with Crippen LogP contribution < -0.4 is 5.32 Å². The highest BCUT2D eigenvalue weighted by Crippen LogP contribution is 2.31. The Labute approximate surface area is 158 Å². The second-order valence-corrected chi connectivity index (χ2v) is 7.23. The van der Waals surface area contributed by atoms with Crippen molar-refractivity contribution < 1.29 is 8.91 Å². The van der Waals surface area contributed by atoms with Crippen LogP contribution in [0, 0.1) is 5.92 Å². The molecule has 5 nitrogen and oxygen atoms in total. The molecule has 2 aromatic heterocycles. The number of hydrogen-bond donors (Lipinski definition) is 1. The van der Waals surface area contributed by atoms with Crippen molar-refractivity contribution in [2.24, 2.45) is 5.92 Å². The molecule has 0 aliphatic heterocycles. The fourth-order valence-corrected chi connectivity index (χ4v) is 3.68. The van der Waals surface area contributed by atoms with Crippen molar-refractivity contribution in [2.75, 3.05) is 25.9 Å². The zero-order valence-corrected chi connectivity index (χ0v) is 15.3. The summed E-state index contributed by atoms with van der Waals surface area (Å²) in [4.78, 5) is 22.3. The van der Waals surface area contributed by atoms with Gasteiger partial charge in [-0.1, -0.05) is 11.6 Å². The topological polar surface area (TPSA) is 58.1 Å². The highest BCUT2D eigenvalue weighted by molar-refractivity contribution is 6.30. The lowest BCUT2D eigenvalue weighted by Crippen LogP contribution is -2.31. The van der Waals surface area contributed by atoms with E-state index in [0.717, 1.165) is 25.7 Å². The van der Waals surface area contributed by atoms with Gasteiger partial charge in [-0.2, -0.15) is 0 Å². The summed E-state index contributed by atoms with van der Waals surface area (Å²) < 4.78 is 22.5. The van der Waals surface area contributed by atoms with Crippen molar-refractivity contribution in [3.63, 3.8) is 0 Å². The number of carbonyl (C=O) groups excluding carboxylic acids is 1. The van der Waals surface area contributed by atoms with Gasteiger partial charge in [0.2, 0.25) is 0 Å². The first-order chi connectivity index (χ1) is 13.1. The van der Waals surface area contributed by atoms with Crippen molar-refractivity contribution in [1.29, 1.82) is 0 Å². The summed E-state index contributed by atoms with van der Waals surface area (Å²) in [7, 11) is 1.65. The standard InChI is InChI=1S/C19H25ClN4O/c1-12(25)15-10-21-16-8-9-17(20)23-19(16)18(15)22-14-6-4-13(5-7-14)11-24(2)3/h8-10,13-14H,4-7,11H2,1-3H3,(H,21,22)/i2D3. The number of rotatable bonds is 5. The Balaban J connectivity index is 1.74. The predicted molar refractivity (Wildman–Crippen MR) is 102 cm³/mol. The van der Waals surface area contributed by atoms with Gasteiger partial charge >= 0.3 is 0 Å². The van der Waals surface area contributed by atoms with Gasteiger partial charge in [-0.25, -0.2) is 4.98 Å². The maximum atomic E-state index is 12.1. The number of fused-ring (bicyclic) bond motifs is 1. The molecule has 1 fully saturated rings. The molecular weight excluding hydrogens is 336 g/mol. The molecule has 0 bridgehead atoms. The molecule has 0 amide bonds. The Hall–Kier alpha value is -1.72. The smallest absolute Gasteiger partial charge is 0.163 e. The molecule has 3 rings (SSSR count). The summed E-state index contributed by atoms with van der Waals surface area (Å²) in [5.74, 6) is 0.282. The SMILES string of the molecule is [2H]C([2H])([2H])N(C)CC1CCC(Nc2c(C(C)=O)cnc3ccc(Cl)nc23)CC1. The summed E-state index contributed by atoms with van der Waals surface area (Å²) in [6, 6.07) is 3.67. The van der Waals surface area contributed by atoms with E-state index in [4.69, 9.17) is 15.7 Å². The molecule has 0 unspecified atom stereocenters. The lowest BCUT2D eigenvalue weighted by atomic mass is 9.85. The molecule has 0 saturated heterocycles. The first-order valence-electron chi connectivity index (χ1n) is 10.1. The maximum absolute atomic E-state index is 12.1. The number of pyridine rings is 2. The number of carbonyl (C=O) groups is 1. The van der Waals surface area contributed by atoms with Crippen LogP contribution in [-0.4, -0.2) is 47.3 Å². The third kappa shape index (κ3) is 4.28. The Kier molecular flexibility index (Phi) is 4.43. The van der Waals surface area contributed by atoms with E-state index < -0.39 is 6.98 Å². The lowest BCUT2D eigenvalue weighted by Gasteiger charge is -2.31. The first-order valence-corrected chi connectivity index (χ1v) is 8.97. The highest BCUT2D eigenvalue weighted by Gasteiger charge is 2.24. The summed E-state index contributed by atoms with van der Waals surface area (Å²) >= 11 is 6.07. The third-order valence-electron chi connectivity index (χ3n) is 4.79. The lowest BCUT2D eigenvalue weighted by molar-refractivity contribution is 0.101. The van der Waals surface area contributed by atoms with Crippen molar-refractivity contribution in [3.8, 4) is 0 Å².